The SMILES string of the molecule is CC(CC(N)=O)NCc1ccc(N2CCCCC2)cc1. The second kappa shape index (κ2) is 7.29. The van der Waals surface area contributed by atoms with E-state index in [0.717, 1.165) is 6.54 Å². The molecule has 3 N–H and O–H groups in total. The highest BCUT2D eigenvalue weighted by Gasteiger charge is 2.10. The summed E-state index contributed by atoms with van der Waals surface area (Å²) in [5.41, 5.74) is 7.74. The summed E-state index contributed by atoms with van der Waals surface area (Å²) in [4.78, 5) is 13.3. The zero-order valence-electron chi connectivity index (χ0n) is 12.3. The Bertz CT molecular complexity index is 424. The van der Waals surface area contributed by atoms with Crippen molar-refractivity contribution in [3.63, 3.8) is 0 Å². The van der Waals surface area contributed by atoms with Crippen molar-refractivity contribution in [1.82, 2.24) is 5.32 Å². The molecule has 1 fully saturated rings. The summed E-state index contributed by atoms with van der Waals surface area (Å²) in [6.07, 6.45) is 4.34. The van der Waals surface area contributed by atoms with Crippen molar-refractivity contribution >= 4 is 11.6 Å². The second-order valence-electron chi connectivity index (χ2n) is 5.67. The molecule has 0 bridgehead atoms. The van der Waals surface area contributed by atoms with Crippen molar-refractivity contribution in [2.75, 3.05) is 18.0 Å². The third-order valence-electron chi connectivity index (χ3n) is 3.82. The van der Waals surface area contributed by atoms with Gasteiger partial charge >= 0.3 is 0 Å². The van der Waals surface area contributed by atoms with Gasteiger partial charge in [-0.1, -0.05) is 12.1 Å². The number of benzene rings is 1. The highest BCUT2D eigenvalue weighted by Crippen LogP contribution is 2.20. The molecule has 4 nitrogen and oxygen atoms in total. The Kier molecular flexibility index (Phi) is 5.41. The first-order valence-corrected chi connectivity index (χ1v) is 7.51. The van der Waals surface area contributed by atoms with Crippen LogP contribution < -0.4 is 16.0 Å². The maximum atomic E-state index is 10.8. The molecule has 110 valence electrons. The van der Waals surface area contributed by atoms with E-state index in [-0.39, 0.29) is 11.9 Å². The number of carbonyl (C=O) groups excluding carboxylic acids is 1. The van der Waals surface area contributed by atoms with Gasteiger partial charge in [-0.15, -0.1) is 0 Å². The van der Waals surface area contributed by atoms with Crippen molar-refractivity contribution in [2.24, 2.45) is 5.73 Å². The molecule has 1 amide bonds. The first kappa shape index (κ1) is 14.9. The minimum atomic E-state index is -0.259. The van der Waals surface area contributed by atoms with E-state index in [9.17, 15) is 4.79 Å². The molecule has 1 aromatic carbocycles. The van der Waals surface area contributed by atoms with E-state index >= 15 is 0 Å². The molecule has 2 rings (SSSR count). The molecule has 0 radical (unpaired) electrons. The third-order valence-corrected chi connectivity index (χ3v) is 3.82. The number of primary amides is 1. The van der Waals surface area contributed by atoms with Gasteiger partial charge in [-0.3, -0.25) is 4.79 Å². The van der Waals surface area contributed by atoms with Crippen LogP contribution in [0.1, 0.15) is 38.2 Å². The number of nitrogens with one attached hydrogen (secondary N) is 1. The number of piperidine rings is 1. The summed E-state index contributed by atoms with van der Waals surface area (Å²) in [5.74, 6) is -0.259. The molecule has 1 atom stereocenters. The van der Waals surface area contributed by atoms with Crippen LogP contribution in [0.3, 0.4) is 0 Å². The summed E-state index contributed by atoms with van der Waals surface area (Å²) in [6, 6.07) is 8.83. The molecule has 1 aliphatic heterocycles. The van der Waals surface area contributed by atoms with Crippen molar-refractivity contribution in [3.05, 3.63) is 29.8 Å². The zero-order chi connectivity index (χ0) is 14.4. The number of rotatable bonds is 6. The summed E-state index contributed by atoms with van der Waals surface area (Å²) < 4.78 is 0. The summed E-state index contributed by atoms with van der Waals surface area (Å²) in [6.45, 7) is 5.10. The molecule has 0 spiro atoms. The van der Waals surface area contributed by atoms with Crippen LogP contribution in [0.2, 0.25) is 0 Å². The first-order chi connectivity index (χ1) is 9.65. The molecule has 0 saturated carbocycles. The van der Waals surface area contributed by atoms with Crippen molar-refractivity contribution in [1.29, 1.82) is 0 Å². The number of carbonyl (C=O) groups is 1. The van der Waals surface area contributed by atoms with Crippen LogP contribution in [-0.2, 0) is 11.3 Å². The average Bonchev–Trinajstić information content (AvgIpc) is 2.46. The van der Waals surface area contributed by atoms with Crippen molar-refractivity contribution in [2.45, 2.75) is 45.2 Å². The van der Waals surface area contributed by atoms with Crippen LogP contribution in [0.4, 0.5) is 5.69 Å². The van der Waals surface area contributed by atoms with Crippen molar-refractivity contribution < 1.29 is 4.79 Å². The van der Waals surface area contributed by atoms with E-state index < -0.39 is 0 Å². The van der Waals surface area contributed by atoms with Crippen LogP contribution >= 0.6 is 0 Å². The Morgan fingerprint density at radius 2 is 1.90 bits per heavy atom. The Labute approximate surface area is 121 Å². The van der Waals surface area contributed by atoms with Crippen LogP contribution in [0, 0.1) is 0 Å². The number of amides is 1. The van der Waals surface area contributed by atoms with Crippen LogP contribution in [0.5, 0.6) is 0 Å². The molecule has 0 aliphatic carbocycles. The number of hydrogen-bond acceptors (Lipinski definition) is 3. The molecular formula is C16H25N3O. The molecule has 20 heavy (non-hydrogen) atoms. The Morgan fingerprint density at radius 1 is 1.25 bits per heavy atom. The van der Waals surface area contributed by atoms with E-state index in [4.69, 9.17) is 5.73 Å². The van der Waals surface area contributed by atoms with E-state index in [2.05, 4.69) is 34.5 Å². The fourth-order valence-electron chi connectivity index (χ4n) is 2.64. The molecule has 1 aliphatic rings. The quantitative estimate of drug-likeness (QED) is 0.835. The summed E-state index contributed by atoms with van der Waals surface area (Å²) in [5, 5.41) is 3.31. The predicted octanol–water partition coefficient (Wildman–Crippen LogP) is 2.03. The Balaban J connectivity index is 1.83. The highest BCUT2D eigenvalue weighted by molar-refractivity contribution is 5.74. The number of nitrogens with zero attached hydrogens (tertiary/aromatic N) is 1. The maximum absolute atomic E-state index is 10.8. The standard InChI is InChI=1S/C16H25N3O/c1-13(11-16(17)20)18-12-14-5-7-15(8-6-14)19-9-3-2-4-10-19/h5-8,13,18H,2-4,9-12H2,1H3,(H2,17,20). The fourth-order valence-corrected chi connectivity index (χ4v) is 2.64. The Hall–Kier alpha value is -1.55. The summed E-state index contributed by atoms with van der Waals surface area (Å²) >= 11 is 0. The third kappa shape index (κ3) is 4.53. The van der Waals surface area contributed by atoms with Gasteiger partial charge in [0.2, 0.25) is 5.91 Å². The highest BCUT2D eigenvalue weighted by atomic mass is 16.1. The first-order valence-electron chi connectivity index (χ1n) is 7.51. The Morgan fingerprint density at radius 3 is 2.50 bits per heavy atom. The van der Waals surface area contributed by atoms with E-state index in [0.29, 0.717) is 6.42 Å². The minimum absolute atomic E-state index is 0.120. The normalized spacial score (nSPS) is 16.9. The van der Waals surface area contributed by atoms with Gasteiger partial charge in [0.15, 0.2) is 0 Å². The van der Waals surface area contributed by atoms with E-state index in [1.807, 2.05) is 6.92 Å². The van der Waals surface area contributed by atoms with Crippen LogP contribution in [-0.4, -0.2) is 25.0 Å². The van der Waals surface area contributed by atoms with Gasteiger partial charge in [-0.25, -0.2) is 0 Å². The van der Waals surface area contributed by atoms with E-state index in [1.165, 1.54) is 43.6 Å². The lowest BCUT2D eigenvalue weighted by Crippen LogP contribution is -2.30. The number of anilines is 1. The molecule has 4 heteroatoms. The minimum Gasteiger partial charge on any atom is -0.372 e. The monoisotopic (exact) mass is 275 g/mol. The van der Waals surface area contributed by atoms with Crippen molar-refractivity contribution in [3.8, 4) is 0 Å². The van der Waals surface area contributed by atoms with Gasteiger partial charge in [-0.05, 0) is 43.9 Å². The largest absolute Gasteiger partial charge is 0.372 e. The van der Waals surface area contributed by atoms with Gasteiger partial charge in [0.05, 0.1) is 0 Å². The predicted molar refractivity (Wildman–Crippen MR) is 82.6 cm³/mol. The fraction of sp³-hybridized carbons (Fsp3) is 0.562. The zero-order valence-corrected chi connectivity index (χ0v) is 12.3. The molecule has 1 heterocycles. The van der Waals surface area contributed by atoms with Gasteiger partial charge in [0, 0.05) is 37.8 Å². The molecule has 0 aromatic heterocycles. The van der Waals surface area contributed by atoms with Crippen LogP contribution in [0.15, 0.2) is 24.3 Å². The number of hydrogen-bond donors (Lipinski definition) is 2. The lowest BCUT2D eigenvalue weighted by Gasteiger charge is -2.28. The lowest BCUT2D eigenvalue weighted by molar-refractivity contribution is -0.118. The number of nitrogens with two attached hydrogens (primary N) is 1. The maximum Gasteiger partial charge on any atom is 0.218 e. The summed E-state index contributed by atoms with van der Waals surface area (Å²) in [7, 11) is 0. The topological polar surface area (TPSA) is 58.4 Å². The van der Waals surface area contributed by atoms with Gasteiger partial charge < -0.3 is 16.0 Å². The average molecular weight is 275 g/mol. The second-order valence-corrected chi connectivity index (χ2v) is 5.67. The van der Waals surface area contributed by atoms with E-state index in [1.54, 1.807) is 0 Å². The van der Waals surface area contributed by atoms with Gasteiger partial charge in [0.1, 0.15) is 0 Å². The molecule has 1 saturated heterocycles. The molecular weight excluding hydrogens is 250 g/mol. The molecule has 1 unspecified atom stereocenters. The van der Waals surface area contributed by atoms with Crippen LogP contribution in [0.25, 0.3) is 0 Å². The lowest BCUT2D eigenvalue weighted by atomic mass is 10.1. The molecule has 1 aromatic rings. The smallest absolute Gasteiger partial charge is 0.218 e. The van der Waals surface area contributed by atoms with Gasteiger partial charge in [0.25, 0.3) is 0 Å². The van der Waals surface area contributed by atoms with Gasteiger partial charge in [-0.2, -0.15) is 0 Å².